The van der Waals surface area contributed by atoms with Gasteiger partial charge in [0.05, 0.1) is 0 Å². The van der Waals surface area contributed by atoms with Gasteiger partial charge in [0.15, 0.2) is 0 Å². The van der Waals surface area contributed by atoms with E-state index in [1.807, 2.05) is 0 Å². The Morgan fingerprint density at radius 2 is 1.54 bits per heavy atom. The fourth-order valence-electron chi connectivity index (χ4n) is 1.18. The summed E-state index contributed by atoms with van der Waals surface area (Å²) in [5, 5.41) is 0. The van der Waals surface area contributed by atoms with Crippen LogP contribution in [0.4, 0.5) is 0 Å². The van der Waals surface area contributed by atoms with Gasteiger partial charge < -0.3 is 0 Å². The van der Waals surface area contributed by atoms with Crippen LogP contribution in [0.15, 0.2) is 42.5 Å². The van der Waals surface area contributed by atoms with Gasteiger partial charge in [-0.2, -0.15) is 0 Å². The molecule has 0 amide bonds. The normalized spacial score (nSPS) is 28.9. The van der Waals surface area contributed by atoms with E-state index in [1.165, 1.54) is 0 Å². The Kier molecular flexibility index (Phi) is 5.87. The second kappa shape index (κ2) is 7.60. The molecule has 1 aliphatic carbocycles. The smallest absolute Gasteiger partial charge is 0.0160 e. The summed E-state index contributed by atoms with van der Waals surface area (Å²) in [5.41, 5.74) is 0. The molecule has 0 atom stereocenters. The quantitative estimate of drug-likeness (QED) is 0.486. The second-order valence-corrected chi connectivity index (χ2v) is 3.09. The van der Waals surface area contributed by atoms with E-state index < -0.39 is 0 Å². The van der Waals surface area contributed by atoms with Crippen molar-refractivity contribution in [3.05, 3.63) is 48.6 Å². The molecule has 0 nitrogen and oxygen atoms in total. The molecule has 0 aromatic carbocycles. The van der Waals surface area contributed by atoms with Gasteiger partial charge in [-0.1, -0.05) is 42.5 Å². The largest absolute Gasteiger partial charge is 0.0882 e. The van der Waals surface area contributed by atoms with Crippen LogP contribution in [0, 0.1) is 6.08 Å². The maximum Gasteiger partial charge on any atom is -0.0160 e. The van der Waals surface area contributed by atoms with Crippen molar-refractivity contribution in [2.24, 2.45) is 0 Å². The first kappa shape index (κ1) is 10.0. The molecule has 0 heterocycles. The molecule has 0 spiro atoms. The first-order chi connectivity index (χ1) is 6.50. The predicted octanol–water partition coefficient (Wildman–Crippen LogP) is 3.98. The molecule has 0 aromatic rings. The molecule has 0 fully saturated rings. The van der Waals surface area contributed by atoms with Crippen LogP contribution < -0.4 is 0 Å². The van der Waals surface area contributed by atoms with Gasteiger partial charge in [-0.05, 0) is 38.2 Å². The highest BCUT2D eigenvalue weighted by Gasteiger charge is 1.80. The summed E-state index contributed by atoms with van der Waals surface area (Å²) >= 11 is 0. The Hall–Kier alpha value is -1.04. The molecule has 0 saturated carbocycles. The average molecular weight is 173 g/mol. The van der Waals surface area contributed by atoms with E-state index in [1.54, 1.807) is 0 Å². The van der Waals surface area contributed by atoms with Crippen LogP contribution in [-0.4, -0.2) is 0 Å². The van der Waals surface area contributed by atoms with E-state index in [0.29, 0.717) is 0 Å². The Bertz CT molecular complexity index is 216. The van der Waals surface area contributed by atoms with Crippen LogP contribution in [0.3, 0.4) is 0 Å². The van der Waals surface area contributed by atoms with Crippen molar-refractivity contribution in [2.45, 2.75) is 32.1 Å². The summed E-state index contributed by atoms with van der Waals surface area (Å²) in [6.45, 7) is 0. The molecule has 1 aliphatic rings. The number of hydrogen-bond acceptors (Lipinski definition) is 0. The van der Waals surface area contributed by atoms with Crippen LogP contribution >= 0.6 is 0 Å². The zero-order valence-electron chi connectivity index (χ0n) is 8.08. The second-order valence-electron chi connectivity index (χ2n) is 3.09. The van der Waals surface area contributed by atoms with Gasteiger partial charge in [-0.3, -0.25) is 0 Å². The third-order valence-electron chi connectivity index (χ3n) is 1.90. The molecule has 0 aromatic heterocycles. The minimum Gasteiger partial charge on any atom is -0.0882 e. The lowest BCUT2D eigenvalue weighted by Crippen LogP contribution is -1.67. The zero-order valence-corrected chi connectivity index (χ0v) is 8.08. The fraction of sp³-hybridized carbons (Fsp3) is 0.385. The zero-order chi connectivity index (χ0) is 9.19. The van der Waals surface area contributed by atoms with Crippen LogP contribution in [0.25, 0.3) is 0 Å². The summed E-state index contributed by atoms with van der Waals surface area (Å²) in [6.07, 6.45) is 24.0. The SMILES string of the molecule is [C]1=C/C/C=C/C=C\CC/C=C\CC/1. The highest BCUT2D eigenvalue weighted by molar-refractivity contribution is 5.05. The highest BCUT2D eigenvalue weighted by atomic mass is 13.9. The molecule has 0 saturated heterocycles. The van der Waals surface area contributed by atoms with Gasteiger partial charge in [0, 0.05) is 0 Å². The van der Waals surface area contributed by atoms with Gasteiger partial charge in [0.2, 0.25) is 0 Å². The summed E-state index contributed by atoms with van der Waals surface area (Å²) in [6, 6.07) is 0. The van der Waals surface area contributed by atoms with Crippen LogP contribution in [-0.2, 0) is 0 Å². The predicted molar refractivity (Wildman–Crippen MR) is 58.3 cm³/mol. The molecule has 0 bridgehead atoms. The minimum atomic E-state index is 1.01. The van der Waals surface area contributed by atoms with Gasteiger partial charge in [0.1, 0.15) is 0 Å². The number of allylic oxidation sites excluding steroid dienone is 8. The third-order valence-corrected chi connectivity index (χ3v) is 1.90. The first-order valence-corrected chi connectivity index (χ1v) is 5.02. The lowest BCUT2D eigenvalue weighted by Gasteiger charge is -1.86. The highest BCUT2D eigenvalue weighted by Crippen LogP contribution is 1.99. The lowest BCUT2D eigenvalue weighted by atomic mass is 10.2. The number of hydrogen-bond donors (Lipinski definition) is 0. The molecule has 0 heteroatoms. The maximum atomic E-state index is 3.27. The van der Waals surface area contributed by atoms with E-state index in [2.05, 4.69) is 48.6 Å². The van der Waals surface area contributed by atoms with Gasteiger partial charge in [-0.25, -0.2) is 0 Å². The average Bonchev–Trinajstić information content (AvgIpc) is 2.18. The van der Waals surface area contributed by atoms with E-state index in [9.17, 15) is 0 Å². The Morgan fingerprint density at radius 3 is 2.54 bits per heavy atom. The molecule has 0 unspecified atom stereocenters. The van der Waals surface area contributed by atoms with Crippen LogP contribution in [0.2, 0.25) is 0 Å². The molecule has 0 aliphatic heterocycles. The van der Waals surface area contributed by atoms with Crippen molar-refractivity contribution in [2.75, 3.05) is 0 Å². The summed E-state index contributed by atoms with van der Waals surface area (Å²) < 4.78 is 0. The molecule has 1 radical (unpaired) electrons. The maximum absolute atomic E-state index is 3.27. The molecule has 69 valence electrons. The summed E-state index contributed by atoms with van der Waals surface area (Å²) in [5.74, 6) is 0. The monoisotopic (exact) mass is 173 g/mol. The molecule has 13 heavy (non-hydrogen) atoms. The van der Waals surface area contributed by atoms with Crippen molar-refractivity contribution in [1.82, 2.24) is 0 Å². The number of rotatable bonds is 0. The Balaban J connectivity index is 2.38. The van der Waals surface area contributed by atoms with Crippen LogP contribution in [0.5, 0.6) is 0 Å². The topological polar surface area (TPSA) is 0 Å². The minimum absolute atomic E-state index is 1.01. The third kappa shape index (κ3) is 6.15. The van der Waals surface area contributed by atoms with Gasteiger partial charge >= 0.3 is 0 Å². The first-order valence-electron chi connectivity index (χ1n) is 5.02. The van der Waals surface area contributed by atoms with Crippen molar-refractivity contribution >= 4 is 0 Å². The van der Waals surface area contributed by atoms with E-state index in [4.69, 9.17) is 0 Å². The van der Waals surface area contributed by atoms with Gasteiger partial charge in [-0.15, -0.1) is 0 Å². The lowest BCUT2D eigenvalue weighted by molar-refractivity contribution is 0.988. The molecule has 1 rings (SSSR count). The Morgan fingerprint density at radius 1 is 0.769 bits per heavy atom. The summed E-state index contributed by atoms with van der Waals surface area (Å²) in [4.78, 5) is 0. The summed E-state index contributed by atoms with van der Waals surface area (Å²) in [7, 11) is 0. The molecular formula is C13H17. The molecular weight excluding hydrogens is 156 g/mol. The van der Waals surface area contributed by atoms with E-state index in [-0.39, 0.29) is 0 Å². The fourth-order valence-corrected chi connectivity index (χ4v) is 1.18. The van der Waals surface area contributed by atoms with Gasteiger partial charge in [0.25, 0.3) is 0 Å². The Labute approximate surface area is 81.4 Å². The van der Waals surface area contributed by atoms with Crippen molar-refractivity contribution in [3.8, 4) is 0 Å². The van der Waals surface area contributed by atoms with E-state index in [0.717, 1.165) is 32.1 Å². The van der Waals surface area contributed by atoms with E-state index >= 15 is 0 Å². The van der Waals surface area contributed by atoms with Crippen molar-refractivity contribution < 1.29 is 0 Å². The molecule has 0 N–H and O–H groups in total. The van der Waals surface area contributed by atoms with Crippen LogP contribution in [0.1, 0.15) is 32.1 Å². The van der Waals surface area contributed by atoms with Crippen molar-refractivity contribution in [3.63, 3.8) is 0 Å². The standard InChI is InChI=1S/C13H17/c1-2-4-6-8-10-12-13-11-9-7-5-3-1/h1-4,7,10,12H,5-6,8,11,13H2/b3-1+,4-2-,9-7?,12-10-. The van der Waals surface area contributed by atoms with Crippen molar-refractivity contribution in [1.29, 1.82) is 0 Å².